The highest BCUT2D eigenvalue weighted by molar-refractivity contribution is 6.01. The van der Waals surface area contributed by atoms with Gasteiger partial charge < -0.3 is 20.5 Å². The molecule has 8 heteroatoms. The maximum atomic E-state index is 15.0. The number of hydrogen-bond acceptors (Lipinski definition) is 6. The molecule has 0 radical (unpaired) electrons. The van der Waals surface area contributed by atoms with Gasteiger partial charge in [0, 0.05) is 24.4 Å². The third-order valence-electron chi connectivity index (χ3n) is 5.92. The van der Waals surface area contributed by atoms with Gasteiger partial charge in [-0.3, -0.25) is 9.69 Å². The summed E-state index contributed by atoms with van der Waals surface area (Å²) in [5, 5.41) is 3.23. The van der Waals surface area contributed by atoms with Crippen LogP contribution in [0.1, 0.15) is 26.3 Å². The number of amides is 1. The van der Waals surface area contributed by atoms with Crippen molar-refractivity contribution in [3.63, 3.8) is 0 Å². The highest BCUT2D eigenvalue weighted by Gasteiger charge is 2.53. The Balaban J connectivity index is 2.08. The summed E-state index contributed by atoms with van der Waals surface area (Å²) in [5.41, 5.74) is 5.34. The highest BCUT2D eigenvalue weighted by atomic mass is 19.1. The number of nitrogens with zero attached hydrogens (tertiary/aromatic N) is 2. The van der Waals surface area contributed by atoms with Crippen LogP contribution in [0.2, 0.25) is 0 Å². The summed E-state index contributed by atoms with van der Waals surface area (Å²) in [6.07, 6.45) is 0. The monoisotopic (exact) mass is 414 g/mol. The molecule has 0 fully saturated rings. The van der Waals surface area contributed by atoms with E-state index in [0.717, 1.165) is 0 Å². The number of methoxy groups -OCH3 is 2. The number of carbonyl (C=O) groups excluding carboxylic acids is 1. The van der Waals surface area contributed by atoms with E-state index in [1.54, 1.807) is 66.3 Å². The van der Waals surface area contributed by atoms with Crippen LogP contribution in [0.5, 0.6) is 11.5 Å². The molecule has 2 aromatic carbocycles. The quantitative estimate of drug-likeness (QED) is 0.780. The summed E-state index contributed by atoms with van der Waals surface area (Å²) in [7, 11) is 4.69. The number of hydrogen-bond donors (Lipinski definition) is 2. The first-order valence-corrected chi connectivity index (χ1v) is 9.47. The molecule has 3 N–H and O–H groups in total. The number of guanidine groups is 1. The molecule has 1 atom stereocenters. The van der Waals surface area contributed by atoms with Crippen LogP contribution in [0.4, 0.5) is 15.8 Å². The molecule has 0 saturated carbocycles. The van der Waals surface area contributed by atoms with Crippen molar-refractivity contribution in [2.75, 3.05) is 26.6 Å². The van der Waals surface area contributed by atoms with E-state index >= 15 is 0 Å². The molecule has 0 bridgehead atoms. The number of carbonyl (C=O) groups is 1. The maximum absolute atomic E-state index is 15.0. The van der Waals surface area contributed by atoms with Crippen molar-refractivity contribution in [3.8, 4) is 11.5 Å². The summed E-state index contributed by atoms with van der Waals surface area (Å²) in [6.45, 7) is 5.21. The summed E-state index contributed by atoms with van der Waals surface area (Å²) in [6, 6.07) is 9.96. The van der Waals surface area contributed by atoms with Crippen molar-refractivity contribution in [2.45, 2.75) is 26.3 Å². The molecule has 0 unspecified atom stereocenters. The van der Waals surface area contributed by atoms with Crippen LogP contribution in [-0.2, 0) is 10.3 Å². The predicted octanol–water partition coefficient (Wildman–Crippen LogP) is 3.61. The largest absolute Gasteiger partial charge is 0.497 e. The van der Waals surface area contributed by atoms with Crippen molar-refractivity contribution < 1.29 is 18.7 Å². The number of anilines is 2. The van der Waals surface area contributed by atoms with Crippen molar-refractivity contribution in [1.82, 2.24) is 4.90 Å². The van der Waals surface area contributed by atoms with Gasteiger partial charge in [-0.25, -0.2) is 9.38 Å². The fraction of sp³-hybridized carbons (Fsp3) is 0.364. The molecule has 2 aromatic rings. The van der Waals surface area contributed by atoms with Gasteiger partial charge in [-0.2, -0.15) is 0 Å². The van der Waals surface area contributed by atoms with Crippen LogP contribution in [0, 0.1) is 11.2 Å². The van der Waals surface area contributed by atoms with E-state index in [1.807, 2.05) is 6.07 Å². The average molecular weight is 414 g/mol. The lowest BCUT2D eigenvalue weighted by Gasteiger charge is -2.46. The zero-order valence-electron chi connectivity index (χ0n) is 18.0. The Labute approximate surface area is 175 Å². The van der Waals surface area contributed by atoms with Gasteiger partial charge in [0.05, 0.1) is 25.3 Å². The van der Waals surface area contributed by atoms with Crippen molar-refractivity contribution in [3.05, 3.63) is 47.8 Å². The second-order valence-electron chi connectivity index (χ2n) is 7.92. The standard InChI is InChI=1S/C22H27FN4O3/c1-21(2)19(28)27(4)20(24)26-22(21,3)15-11-13(7-9-16(15)23)25-17-10-8-14(29-5)12-18(17)30-6/h7-12,25H,1-6H3,(H2,24,26)/t22-/m1/s1. The molecular weight excluding hydrogens is 387 g/mol. The topological polar surface area (TPSA) is 89.2 Å². The lowest BCUT2D eigenvalue weighted by Crippen LogP contribution is -2.58. The van der Waals surface area contributed by atoms with Gasteiger partial charge in [0.25, 0.3) is 0 Å². The Morgan fingerprint density at radius 2 is 1.80 bits per heavy atom. The lowest BCUT2D eigenvalue weighted by molar-refractivity contribution is -0.140. The number of aliphatic imine (C=N–C) groups is 1. The van der Waals surface area contributed by atoms with E-state index in [2.05, 4.69) is 10.3 Å². The second kappa shape index (κ2) is 7.51. The Hall–Kier alpha value is -3.29. The van der Waals surface area contributed by atoms with Gasteiger partial charge >= 0.3 is 0 Å². The third-order valence-corrected chi connectivity index (χ3v) is 5.92. The molecule has 1 aliphatic rings. The molecule has 1 amide bonds. The Morgan fingerprint density at radius 3 is 2.43 bits per heavy atom. The first-order valence-electron chi connectivity index (χ1n) is 9.47. The fourth-order valence-electron chi connectivity index (χ4n) is 3.61. The van der Waals surface area contributed by atoms with E-state index in [-0.39, 0.29) is 17.4 Å². The third kappa shape index (κ3) is 3.32. The van der Waals surface area contributed by atoms with E-state index in [9.17, 15) is 9.18 Å². The van der Waals surface area contributed by atoms with Crippen LogP contribution in [0.3, 0.4) is 0 Å². The molecule has 0 aromatic heterocycles. The van der Waals surface area contributed by atoms with Crippen molar-refractivity contribution in [1.29, 1.82) is 0 Å². The van der Waals surface area contributed by atoms with Gasteiger partial charge in [0.2, 0.25) is 5.91 Å². The van der Waals surface area contributed by atoms with E-state index in [0.29, 0.717) is 22.9 Å². The van der Waals surface area contributed by atoms with Crippen LogP contribution < -0.4 is 20.5 Å². The summed E-state index contributed by atoms with van der Waals surface area (Å²) in [4.78, 5) is 18.7. The van der Waals surface area contributed by atoms with Gasteiger partial charge in [-0.15, -0.1) is 0 Å². The molecule has 7 nitrogen and oxygen atoms in total. The van der Waals surface area contributed by atoms with Gasteiger partial charge in [-0.1, -0.05) is 0 Å². The minimum absolute atomic E-state index is 0.0522. The first kappa shape index (κ1) is 21.4. The van der Waals surface area contributed by atoms with Crippen LogP contribution in [0.15, 0.2) is 41.4 Å². The highest BCUT2D eigenvalue weighted by Crippen LogP contribution is 2.48. The number of halogens is 1. The summed E-state index contributed by atoms with van der Waals surface area (Å²) in [5.74, 6) is 0.583. The number of rotatable bonds is 5. The Kier molecular flexibility index (Phi) is 5.36. The average Bonchev–Trinajstić information content (AvgIpc) is 2.72. The number of benzene rings is 2. The smallest absolute Gasteiger partial charge is 0.237 e. The number of nitrogens with two attached hydrogens (primary N) is 1. The van der Waals surface area contributed by atoms with Gasteiger partial charge in [0.15, 0.2) is 5.96 Å². The minimum atomic E-state index is -1.19. The van der Waals surface area contributed by atoms with E-state index in [4.69, 9.17) is 15.2 Å². The fourth-order valence-corrected chi connectivity index (χ4v) is 3.61. The molecular formula is C22H27FN4O3. The van der Waals surface area contributed by atoms with Crippen LogP contribution in [0.25, 0.3) is 0 Å². The van der Waals surface area contributed by atoms with E-state index < -0.39 is 16.8 Å². The molecule has 0 aliphatic carbocycles. The van der Waals surface area contributed by atoms with Crippen LogP contribution in [-0.4, -0.2) is 38.0 Å². The molecule has 0 saturated heterocycles. The SMILES string of the molecule is COc1ccc(Nc2ccc(F)c([C@@]3(C)N=C(N)N(C)C(=O)C3(C)C)c2)c(OC)c1. The molecule has 160 valence electrons. The zero-order chi connectivity index (χ0) is 22.3. The molecule has 30 heavy (non-hydrogen) atoms. The maximum Gasteiger partial charge on any atom is 0.237 e. The Morgan fingerprint density at radius 1 is 1.10 bits per heavy atom. The second-order valence-corrected chi connectivity index (χ2v) is 7.92. The van der Waals surface area contributed by atoms with E-state index in [1.165, 1.54) is 11.0 Å². The first-order chi connectivity index (χ1) is 14.0. The zero-order valence-corrected chi connectivity index (χ0v) is 18.0. The van der Waals surface area contributed by atoms with Crippen molar-refractivity contribution >= 4 is 23.2 Å². The van der Waals surface area contributed by atoms with Gasteiger partial charge in [0.1, 0.15) is 22.9 Å². The van der Waals surface area contributed by atoms with Gasteiger partial charge in [-0.05, 0) is 51.1 Å². The minimum Gasteiger partial charge on any atom is -0.497 e. The normalized spacial score (nSPS) is 20.6. The summed E-state index contributed by atoms with van der Waals surface area (Å²) < 4.78 is 25.6. The van der Waals surface area contributed by atoms with Crippen molar-refractivity contribution in [2.24, 2.45) is 16.1 Å². The molecule has 1 heterocycles. The Bertz CT molecular complexity index is 1020. The molecule has 3 rings (SSSR count). The van der Waals surface area contributed by atoms with Crippen LogP contribution >= 0.6 is 0 Å². The lowest BCUT2D eigenvalue weighted by atomic mass is 9.67. The predicted molar refractivity (Wildman–Crippen MR) is 115 cm³/mol. The molecule has 0 spiro atoms. The number of nitrogens with one attached hydrogen (secondary N) is 1. The number of ether oxygens (including phenoxy) is 2. The summed E-state index contributed by atoms with van der Waals surface area (Å²) >= 11 is 0. The molecule has 1 aliphatic heterocycles.